The summed E-state index contributed by atoms with van der Waals surface area (Å²) in [5.41, 5.74) is 10.1. The molecule has 6 nitrogen and oxygen atoms in total. The molecule has 9 heteroatoms. The van der Waals surface area contributed by atoms with Crippen molar-refractivity contribution < 1.29 is 13.2 Å². The van der Waals surface area contributed by atoms with Crippen molar-refractivity contribution in [1.29, 1.82) is 5.26 Å². The van der Waals surface area contributed by atoms with Crippen LogP contribution in [0.1, 0.15) is 11.1 Å². The molecule has 14 aromatic rings. The van der Waals surface area contributed by atoms with Gasteiger partial charge in [-0.2, -0.15) is 18.4 Å². The van der Waals surface area contributed by atoms with E-state index in [0.717, 1.165) is 100.0 Å². The molecule has 0 fully saturated rings. The molecule has 0 aliphatic carbocycles. The van der Waals surface area contributed by atoms with Crippen molar-refractivity contribution in [2.75, 3.05) is 0 Å². The maximum absolute atomic E-state index is 14.8. The molecule has 330 valence electrons. The number of benzene rings is 9. The molecular formula is C61H35F3N6. The summed E-state index contributed by atoms with van der Waals surface area (Å²) in [6, 6.07) is 70.1. The molecule has 0 unspecified atom stereocenters. The normalized spacial score (nSPS) is 12.2. The predicted molar refractivity (Wildman–Crippen MR) is 277 cm³/mol. The first-order chi connectivity index (χ1) is 34.3. The predicted octanol–water partition coefficient (Wildman–Crippen LogP) is 16.0. The smallest absolute Gasteiger partial charge is 0.309 e. The van der Waals surface area contributed by atoms with Crippen LogP contribution >= 0.6 is 0 Å². The Kier molecular flexibility index (Phi) is 8.41. The van der Waals surface area contributed by atoms with Gasteiger partial charge in [-0.25, -0.2) is 4.98 Å². The summed E-state index contributed by atoms with van der Waals surface area (Å²) in [5, 5.41) is 18.7. The first-order valence-corrected chi connectivity index (χ1v) is 23.0. The zero-order valence-electron chi connectivity index (χ0n) is 37.0. The van der Waals surface area contributed by atoms with E-state index in [2.05, 4.69) is 164 Å². The number of alkyl halides is 3. The van der Waals surface area contributed by atoms with Gasteiger partial charge in [0.15, 0.2) is 0 Å². The molecule has 0 amide bonds. The Bertz CT molecular complexity index is 4450. The molecule has 9 aromatic carbocycles. The van der Waals surface area contributed by atoms with Crippen molar-refractivity contribution in [1.82, 2.24) is 23.3 Å². The average molecular weight is 909 g/mol. The van der Waals surface area contributed by atoms with E-state index in [0.29, 0.717) is 17.1 Å². The molecular weight excluding hydrogens is 874 g/mol. The Morgan fingerprint density at radius 3 is 1.21 bits per heavy atom. The van der Waals surface area contributed by atoms with Crippen molar-refractivity contribution in [2.45, 2.75) is 6.18 Å². The molecule has 0 spiro atoms. The highest BCUT2D eigenvalue weighted by atomic mass is 19.4. The van der Waals surface area contributed by atoms with Crippen molar-refractivity contribution in [2.24, 2.45) is 0 Å². The molecule has 0 saturated carbocycles. The second-order valence-electron chi connectivity index (χ2n) is 17.8. The molecule has 5 aromatic heterocycles. The van der Waals surface area contributed by atoms with Gasteiger partial charge < -0.3 is 13.7 Å². The summed E-state index contributed by atoms with van der Waals surface area (Å²) in [6.45, 7) is 0. The zero-order chi connectivity index (χ0) is 46.8. The van der Waals surface area contributed by atoms with Gasteiger partial charge in [-0.15, -0.1) is 0 Å². The van der Waals surface area contributed by atoms with Gasteiger partial charge in [0.2, 0.25) is 0 Å². The number of nitriles is 1. The lowest BCUT2D eigenvalue weighted by atomic mass is 9.99. The molecule has 0 N–H and O–H groups in total. The minimum absolute atomic E-state index is 0.0957. The van der Waals surface area contributed by atoms with Gasteiger partial charge in [0, 0.05) is 60.0 Å². The van der Waals surface area contributed by atoms with Gasteiger partial charge in [-0.3, -0.25) is 4.57 Å². The van der Waals surface area contributed by atoms with Crippen LogP contribution in [0.2, 0.25) is 0 Å². The second-order valence-corrected chi connectivity index (χ2v) is 17.8. The van der Waals surface area contributed by atoms with Gasteiger partial charge in [0.25, 0.3) is 0 Å². The third-order valence-corrected chi connectivity index (χ3v) is 14.0. The first-order valence-electron chi connectivity index (χ1n) is 23.0. The Morgan fingerprint density at radius 2 is 0.771 bits per heavy atom. The summed E-state index contributed by atoms with van der Waals surface area (Å²) in [6.07, 6.45) is -2.94. The quantitative estimate of drug-likeness (QED) is 0.173. The Hall–Kier alpha value is -9.39. The van der Waals surface area contributed by atoms with Gasteiger partial charge in [-0.1, -0.05) is 109 Å². The van der Waals surface area contributed by atoms with E-state index in [9.17, 15) is 18.4 Å². The fraction of sp³-hybridized carbons (Fsp3) is 0.0164. The number of pyridine rings is 1. The van der Waals surface area contributed by atoms with E-state index < -0.39 is 11.7 Å². The molecule has 0 aliphatic rings. The third kappa shape index (κ3) is 5.77. The van der Waals surface area contributed by atoms with E-state index in [1.54, 1.807) is 6.20 Å². The standard InChI is InChI=1S/C61H35F3N6/c62-61(63,64)39-30-37(35-65)29-38(31-39)48-34-60(70-56-24-12-6-18-47(56)50-33-41(26-28-58(50)70)68-53-21-9-3-15-44(53)45-16-4-10-22-54(45)68)66-36-59(48)69-55-23-11-5-17-46(55)49-32-40(25-27-57(49)69)67-51-19-7-1-13-42(51)43-14-2-8-20-52(43)67/h1-34,36H. The molecule has 0 radical (unpaired) electrons. The highest BCUT2D eigenvalue weighted by Gasteiger charge is 2.32. The third-order valence-electron chi connectivity index (χ3n) is 14.0. The van der Waals surface area contributed by atoms with E-state index in [1.807, 2.05) is 48.5 Å². The number of para-hydroxylation sites is 6. The van der Waals surface area contributed by atoms with Crippen molar-refractivity contribution >= 4 is 87.2 Å². The molecule has 70 heavy (non-hydrogen) atoms. The lowest BCUT2D eigenvalue weighted by Crippen LogP contribution is -2.07. The second kappa shape index (κ2) is 14.8. The number of nitrogens with zero attached hydrogens (tertiary/aromatic N) is 6. The lowest BCUT2D eigenvalue weighted by molar-refractivity contribution is -0.137. The minimum atomic E-state index is -4.70. The molecule has 14 rings (SSSR count). The summed E-state index contributed by atoms with van der Waals surface area (Å²) < 4.78 is 53.0. The fourth-order valence-electron chi connectivity index (χ4n) is 11.1. The maximum atomic E-state index is 14.8. The highest BCUT2D eigenvalue weighted by molar-refractivity contribution is 6.14. The van der Waals surface area contributed by atoms with Crippen LogP contribution in [-0.4, -0.2) is 23.3 Å². The summed E-state index contributed by atoms with van der Waals surface area (Å²) in [5.74, 6) is 0.514. The molecule has 0 atom stereocenters. The maximum Gasteiger partial charge on any atom is 0.416 e. The molecule has 0 bridgehead atoms. The average Bonchev–Trinajstić information content (AvgIpc) is 4.13. The Balaban J connectivity index is 1.02. The number of halogens is 3. The SMILES string of the molecule is N#Cc1cc(-c2cc(-n3c4ccccc4c4cc(-n5c6ccccc6c6ccccc65)ccc43)ncc2-n2c3ccccc3c3cc(-n4c5ccccc5c5ccccc54)ccc32)cc(C(F)(F)F)c1. The van der Waals surface area contributed by atoms with Crippen LogP contribution in [0.25, 0.3) is 121 Å². The van der Waals surface area contributed by atoms with Gasteiger partial charge in [-0.05, 0) is 103 Å². The van der Waals surface area contributed by atoms with Crippen LogP contribution in [0.15, 0.2) is 212 Å². The minimum Gasteiger partial charge on any atom is -0.309 e. The molecule has 5 heterocycles. The lowest BCUT2D eigenvalue weighted by Gasteiger charge is -2.18. The Labute approximate surface area is 397 Å². The summed E-state index contributed by atoms with van der Waals surface area (Å²) in [7, 11) is 0. The number of fused-ring (bicyclic) bond motifs is 12. The van der Waals surface area contributed by atoms with Crippen molar-refractivity contribution in [3.8, 4) is 40.1 Å². The van der Waals surface area contributed by atoms with Gasteiger partial charge in [0.1, 0.15) is 5.82 Å². The number of rotatable bonds is 5. The van der Waals surface area contributed by atoms with E-state index >= 15 is 0 Å². The van der Waals surface area contributed by atoms with Crippen LogP contribution in [0.5, 0.6) is 0 Å². The zero-order valence-corrected chi connectivity index (χ0v) is 37.0. The van der Waals surface area contributed by atoms with Crippen molar-refractivity contribution in [3.05, 3.63) is 224 Å². The van der Waals surface area contributed by atoms with Gasteiger partial charge in [0.05, 0.1) is 73.2 Å². The van der Waals surface area contributed by atoms with Crippen LogP contribution in [0, 0.1) is 11.3 Å². The van der Waals surface area contributed by atoms with Crippen LogP contribution in [0.4, 0.5) is 13.2 Å². The van der Waals surface area contributed by atoms with Crippen LogP contribution in [0.3, 0.4) is 0 Å². The number of hydrogen-bond donors (Lipinski definition) is 0. The van der Waals surface area contributed by atoms with E-state index in [4.69, 9.17) is 4.98 Å². The van der Waals surface area contributed by atoms with Crippen molar-refractivity contribution in [3.63, 3.8) is 0 Å². The molecule has 0 aliphatic heterocycles. The monoisotopic (exact) mass is 908 g/mol. The highest BCUT2D eigenvalue weighted by Crippen LogP contribution is 2.43. The fourth-order valence-corrected chi connectivity index (χ4v) is 11.1. The van der Waals surface area contributed by atoms with Crippen LogP contribution < -0.4 is 0 Å². The van der Waals surface area contributed by atoms with E-state index in [1.165, 1.54) is 16.8 Å². The Morgan fingerprint density at radius 1 is 0.386 bits per heavy atom. The largest absolute Gasteiger partial charge is 0.416 e. The summed E-state index contributed by atoms with van der Waals surface area (Å²) in [4.78, 5) is 5.22. The van der Waals surface area contributed by atoms with Crippen LogP contribution in [-0.2, 0) is 6.18 Å². The number of aromatic nitrogens is 5. The first kappa shape index (κ1) is 39.7. The molecule has 0 saturated heterocycles. The van der Waals surface area contributed by atoms with E-state index in [-0.39, 0.29) is 11.1 Å². The van der Waals surface area contributed by atoms with Gasteiger partial charge >= 0.3 is 6.18 Å². The topological polar surface area (TPSA) is 56.4 Å². The summed E-state index contributed by atoms with van der Waals surface area (Å²) >= 11 is 0. The number of hydrogen-bond acceptors (Lipinski definition) is 2.